The predicted molar refractivity (Wildman–Crippen MR) is 98.7 cm³/mol. The molecule has 0 fully saturated rings. The van der Waals surface area contributed by atoms with E-state index in [4.69, 9.17) is 0 Å². The van der Waals surface area contributed by atoms with E-state index in [0.717, 1.165) is 17.8 Å². The molecule has 0 saturated carbocycles. The van der Waals surface area contributed by atoms with E-state index in [9.17, 15) is 0 Å². The summed E-state index contributed by atoms with van der Waals surface area (Å²) in [6.45, 7) is 16.6. The Morgan fingerprint density at radius 2 is 1.38 bits per heavy atom. The molecule has 2 atom stereocenters. The van der Waals surface area contributed by atoms with Gasteiger partial charge in [0, 0.05) is 0 Å². The van der Waals surface area contributed by atoms with Gasteiger partial charge in [0.25, 0.3) is 0 Å². The molecule has 0 bridgehead atoms. The average Bonchev–Trinajstić information content (AvgIpc) is 2.41. The summed E-state index contributed by atoms with van der Waals surface area (Å²) in [7, 11) is 0. The zero-order valence-corrected chi connectivity index (χ0v) is 16.0. The molecular weight excluding hydrogens is 252 g/mol. The molecule has 0 nitrogen and oxygen atoms in total. The molecule has 0 radical (unpaired) electrons. The number of allylic oxidation sites excluding steroid dienone is 2. The van der Waals surface area contributed by atoms with Crippen LogP contribution in [0.4, 0.5) is 0 Å². The normalized spacial score (nSPS) is 15.8. The lowest BCUT2D eigenvalue weighted by molar-refractivity contribution is 0.322. The smallest absolute Gasteiger partial charge is 0.0299 e. The fraction of sp³-hybridized carbons (Fsp3) is 0.905. The summed E-state index contributed by atoms with van der Waals surface area (Å²) in [5.74, 6) is 2.65. The highest BCUT2D eigenvalue weighted by Crippen LogP contribution is 2.26. The van der Waals surface area contributed by atoms with Gasteiger partial charge in [-0.05, 0) is 42.4 Å². The largest absolute Gasteiger partial charge is 0.0885 e. The van der Waals surface area contributed by atoms with Crippen LogP contribution in [0.15, 0.2) is 12.2 Å². The predicted octanol–water partition coefficient (Wildman–Crippen LogP) is 7.64. The number of hydrogen-bond acceptors (Lipinski definition) is 0. The molecule has 0 aromatic carbocycles. The second-order valence-corrected chi connectivity index (χ2v) is 8.40. The molecule has 0 amide bonds. The topological polar surface area (TPSA) is 0 Å². The van der Waals surface area contributed by atoms with Gasteiger partial charge in [-0.15, -0.1) is 0 Å². The zero-order valence-electron chi connectivity index (χ0n) is 16.0. The Labute approximate surface area is 135 Å². The van der Waals surface area contributed by atoms with E-state index in [1.54, 1.807) is 0 Å². The maximum atomic E-state index is 2.45. The van der Waals surface area contributed by atoms with Gasteiger partial charge in [-0.1, -0.05) is 92.7 Å². The van der Waals surface area contributed by atoms with Gasteiger partial charge in [0.2, 0.25) is 0 Å². The monoisotopic (exact) mass is 294 g/mol. The van der Waals surface area contributed by atoms with E-state index in [2.05, 4.69) is 60.6 Å². The van der Waals surface area contributed by atoms with Gasteiger partial charge in [-0.2, -0.15) is 0 Å². The number of hydrogen-bond donors (Lipinski definition) is 0. The zero-order chi connectivity index (χ0) is 16.3. The van der Waals surface area contributed by atoms with E-state index in [1.165, 1.54) is 51.4 Å². The molecule has 126 valence electrons. The van der Waals surface area contributed by atoms with Crippen molar-refractivity contribution >= 4 is 0 Å². The molecule has 0 heteroatoms. The van der Waals surface area contributed by atoms with Crippen molar-refractivity contribution in [2.45, 2.75) is 99.8 Å². The summed E-state index contributed by atoms with van der Waals surface area (Å²) < 4.78 is 0. The highest BCUT2D eigenvalue weighted by Gasteiger charge is 2.13. The standard InChI is InChI=1S/C21H42/c1-8-21(6,7)17-12-10-9-11-15-19(4)20(5)16-13-14-18(2)3/h10,12,18-20H,8-9,11,13-17H2,1-7H3/b12-10+. The molecule has 0 N–H and O–H groups in total. The third kappa shape index (κ3) is 12.0. The summed E-state index contributed by atoms with van der Waals surface area (Å²) in [6.07, 6.45) is 15.6. The highest BCUT2D eigenvalue weighted by molar-refractivity contribution is 4.87. The fourth-order valence-electron chi connectivity index (χ4n) is 2.64. The third-order valence-electron chi connectivity index (χ3n) is 5.24. The molecule has 0 saturated heterocycles. The third-order valence-corrected chi connectivity index (χ3v) is 5.24. The Bertz CT molecular complexity index is 259. The molecular formula is C21H42. The van der Waals surface area contributed by atoms with E-state index < -0.39 is 0 Å². The summed E-state index contributed by atoms with van der Waals surface area (Å²) in [5, 5.41) is 0. The van der Waals surface area contributed by atoms with E-state index in [0.29, 0.717) is 5.41 Å². The minimum Gasteiger partial charge on any atom is -0.0885 e. The van der Waals surface area contributed by atoms with E-state index >= 15 is 0 Å². The van der Waals surface area contributed by atoms with E-state index in [1.807, 2.05) is 0 Å². The number of unbranched alkanes of at least 4 members (excludes halogenated alkanes) is 1. The van der Waals surface area contributed by atoms with Crippen LogP contribution in [0, 0.1) is 23.2 Å². The molecule has 21 heavy (non-hydrogen) atoms. The van der Waals surface area contributed by atoms with Crippen molar-refractivity contribution < 1.29 is 0 Å². The molecule has 0 aliphatic rings. The Morgan fingerprint density at radius 3 is 1.90 bits per heavy atom. The lowest BCUT2D eigenvalue weighted by atomic mass is 9.85. The van der Waals surface area contributed by atoms with Gasteiger partial charge in [0.05, 0.1) is 0 Å². The second kappa shape index (κ2) is 11.3. The van der Waals surface area contributed by atoms with Gasteiger partial charge < -0.3 is 0 Å². The van der Waals surface area contributed by atoms with Crippen molar-refractivity contribution in [3.05, 3.63) is 12.2 Å². The Balaban J connectivity index is 3.69. The summed E-state index contributed by atoms with van der Waals surface area (Å²) >= 11 is 0. The lowest BCUT2D eigenvalue weighted by Crippen LogP contribution is -2.08. The summed E-state index contributed by atoms with van der Waals surface area (Å²) in [4.78, 5) is 0. The molecule has 0 aliphatic carbocycles. The molecule has 2 unspecified atom stereocenters. The SMILES string of the molecule is CCC(C)(C)C/C=C/CCCC(C)C(C)CCCC(C)C. The van der Waals surface area contributed by atoms with Crippen molar-refractivity contribution in [3.8, 4) is 0 Å². The minimum atomic E-state index is 0.481. The molecule has 0 aliphatic heterocycles. The maximum absolute atomic E-state index is 2.45. The van der Waals surface area contributed by atoms with Crippen LogP contribution in [-0.4, -0.2) is 0 Å². The van der Waals surface area contributed by atoms with Crippen molar-refractivity contribution in [2.24, 2.45) is 23.2 Å². The van der Waals surface area contributed by atoms with Crippen LogP contribution in [0.2, 0.25) is 0 Å². The Kier molecular flexibility index (Phi) is 11.2. The highest BCUT2D eigenvalue weighted by atomic mass is 14.2. The lowest BCUT2D eigenvalue weighted by Gasteiger charge is -2.20. The molecule has 0 rings (SSSR count). The van der Waals surface area contributed by atoms with Gasteiger partial charge in [-0.25, -0.2) is 0 Å². The van der Waals surface area contributed by atoms with Gasteiger partial charge in [-0.3, -0.25) is 0 Å². The molecule has 0 aromatic rings. The fourth-order valence-corrected chi connectivity index (χ4v) is 2.64. The van der Waals surface area contributed by atoms with Crippen LogP contribution in [0.3, 0.4) is 0 Å². The first-order chi connectivity index (χ1) is 9.78. The maximum Gasteiger partial charge on any atom is -0.0299 e. The van der Waals surface area contributed by atoms with Crippen molar-refractivity contribution in [1.82, 2.24) is 0 Å². The summed E-state index contributed by atoms with van der Waals surface area (Å²) in [5.41, 5.74) is 0.481. The second-order valence-electron chi connectivity index (χ2n) is 8.40. The average molecular weight is 295 g/mol. The Hall–Kier alpha value is -0.260. The van der Waals surface area contributed by atoms with Crippen LogP contribution in [0.1, 0.15) is 99.8 Å². The van der Waals surface area contributed by atoms with Crippen molar-refractivity contribution in [1.29, 1.82) is 0 Å². The van der Waals surface area contributed by atoms with Crippen LogP contribution in [0.5, 0.6) is 0 Å². The van der Waals surface area contributed by atoms with Gasteiger partial charge in [0.15, 0.2) is 0 Å². The first kappa shape index (κ1) is 20.7. The number of rotatable bonds is 12. The van der Waals surface area contributed by atoms with Crippen LogP contribution >= 0.6 is 0 Å². The van der Waals surface area contributed by atoms with Gasteiger partial charge in [0.1, 0.15) is 0 Å². The van der Waals surface area contributed by atoms with Crippen LogP contribution < -0.4 is 0 Å². The van der Waals surface area contributed by atoms with Crippen LogP contribution in [0.25, 0.3) is 0 Å². The first-order valence-corrected chi connectivity index (χ1v) is 9.43. The van der Waals surface area contributed by atoms with Crippen molar-refractivity contribution in [2.75, 3.05) is 0 Å². The Morgan fingerprint density at radius 1 is 0.810 bits per heavy atom. The molecule has 0 spiro atoms. The first-order valence-electron chi connectivity index (χ1n) is 9.43. The van der Waals surface area contributed by atoms with Gasteiger partial charge >= 0.3 is 0 Å². The van der Waals surface area contributed by atoms with Crippen LogP contribution in [-0.2, 0) is 0 Å². The van der Waals surface area contributed by atoms with Crippen molar-refractivity contribution in [3.63, 3.8) is 0 Å². The molecule has 0 heterocycles. The molecule has 0 aromatic heterocycles. The van der Waals surface area contributed by atoms with E-state index in [-0.39, 0.29) is 0 Å². The summed E-state index contributed by atoms with van der Waals surface area (Å²) in [6, 6.07) is 0. The quantitative estimate of drug-likeness (QED) is 0.256. The minimum absolute atomic E-state index is 0.481.